The fraction of sp³-hybridized carbons (Fsp3) is 0.750. The lowest BCUT2D eigenvalue weighted by molar-refractivity contribution is -0.0172. The van der Waals surface area contributed by atoms with Crippen molar-refractivity contribution in [2.75, 3.05) is 19.7 Å². The smallest absolute Gasteiger partial charge is 0.0897 e. The second-order valence-electron chi connectivity index (χ2n) is 6.31. The third-order valence-corrected chi connectivity index (χ3v) is 4.89. The summed E-state index contributed by atoms with van der Waals surface area (Å²) >= 11 is 1.66. The maximum absolute atomic E-state index is 10.5. The number of aliphatic hydroxyl groups is 2. The number of aliphatic hydroxyl groups excluding tert-OH is 1. The summed E-state index contributed by atoms with van der Waals surface area (Å²) in [4.78, 5) is 1.17. The summed E-state index contributed by atoms with van der Waals surface area (Å²) in [6.07, 6.45) is 3.47. The van der Waals surface area contributed by atoms with Crippen LogP contribution in [0.15, 0.2) is 17.5 Å². The molecule has 21 heavy (non-hydrogen) atoms. The largest absolute Gasteiger partial charge is 0.389 e. The van der Waals surface area contributed by atoms with Gasteiger partial charge in [0.2, 0.25) is 0 Å². The van der Waals surface area contributed by atoms with Gasteiger partial charge < -0.3 is 20.3 Å². The van der Waals surface area contributed by atoms with Crippen LogP contribution in [0.4, 0.5) is 0 Å². The van der Waals surface area contributed by atoms with E-state index < -0.39 is 11.7 Å². The van der Waals surface area contributed by atoms with Crippen molar-refractivity contribution in [1.29, 1.82) is 0 Å². The van der Waals surface area contributed by atoms with Gasteiger partial charge in [0.25, 0.3) is 0 Å². The zero-order chi connectivity index (χ0) is 15.1. The van der Waals surface area contributed by atoms with Gasteiger partial charge in [0.1, 0.15) is 0 Å². The normalized spacial score (nSPS) is 27.7. The van der Waals surface area contributed by atoms with E-state index in [1.54, 1.807) is 11.3 Å². The summed E-state index contributed by atoms with van der Waals surface area (Å²) in [5, 5.41) is 25.6. The lowest BCUT2D eigenvalue weighted by atomic mass is 9.79. The van der Waals surface area contributed by atoms with Crippen molar-refractivity contribution in [1.82, 2.24) is 5.32 Å². The zero-order valence-corrected chi connectivity index (χ0v) is 13.6. The second-order valence-corrected chi connectivity index (χ2v) is 7.34. The molecule has 0 aromatic carbocycles. The van der Waals surface area contributed by atoms with Gasteiger partial charge in [0, 0.05) is 18.0 Å². The maximum Gasteiger partial charge on any atom is 0.0897 e. The van der Waals surface area contributed by atoms with E-state index in [1.165, 1.54) is 11.3 Å². The van der Waals surface area contributed by atoms with Crippen LogP contribution in [-0.2, 0) is 11.3 Å². The molecule has 0 bridgehead atoms. The van der Waals surface area contributed by atoms with Gasteiger partial charge in [0.15, 0.2) is 0 Å². The quantitative estimate of drug-likeness (QED) is 0.688. The van der Waals surface area contributed by atoms with Crippen molar-refractivity contribution >= 4 is 11.3 Å². The van der Waals surface area contributed by atoms with Crippen LogP contribution in [0.25, 0.3) is 0 Å². The van der Waals surface area contributed by atoms with Crippen molar-refractivity contribution in [2.24, 2.45) is 5.92 Å². The van der Waals surface area contributed by atoms with E-state index in [0.29, 0.717) is 32.2 Å². The Morgan fingerprint density at radius 1 is 1.57 bits per heavy atom. The molecule has 1 aromatic heterocycles. The zero-order valence-electron chi connectivity index (χ0n) is 12.8. The van der Waals surface area contributed by atoms with Gasteiger partial charge in [-0.15, -0.1) is 11.3 Å². The molecule has 1 aliphatic carbocycles. The average molecular weight is 313 g/mol. The van der Waals surface area contributed by atoms with Gasteiger partial charge in [-0.2, -0.15) is 0 Å². The fourth-order valence-corrected chi connectivity index (χ4v) is 3.65. The van der Waals surface area contributed by atoms with E-state index in [9.17, 15) is 10.2 Å². The molecule has 1 saturated carbocycles. The summed E-state index contributed by atoms with van der Waals surface area (Å²) in [6.45, 7) is 4.08. The minimum atomic E-state index is -0.602. The molecule has 0 amide bonds. The van der Waals surface area contributed by atoms with Crippen molar-refractivity contribution in [3.8, 4) is 0 Å². The third-order valence-electron chi connectivity index (χ3n) is 4.04. The summed E-state index contributed by atoms with van der Waals surface area (Å²) in [5.41, 5.74) is -0.602. The predicted octanol–water partition coefficient (Wildman–Crippen LogP) is 2.16. The topological polar surface area (TPSA) is 61.7 Å². The fourth-order valence-electron chi connectivity index (χ4n) is 3.01. The van der Waals surface area contributed by atoms with Crippen molar-refractivity contribution in [3.05, 3.63) is 22.4 Å². The molecule has 1 fully saturated rings. The summed E-state index contributed by atoms with van der Waals surface area (Å²) in [7, 11) is 0. The summed E-state index contributed by atoms with van der Waals surface area (Å²) in [6, 6.07) is 4.02. The molecule has 3 unspecified atom stereocenters. The Hall–Kier alpha value is -0.460. The molecule has 0 radical (unpaired) electrons. The van der Waals surface area contributed by atoms with Crippen molar-refractivity contribution in [3.63, 3.8) is 0 Å². The van der Waals surface area contributed by atoms with Gasteiger partial charge in [-0.3, -0.25) is 0 Å². The highest BCUT2D eigenvalue weighted by Gasteiger charge is 2.32. The van der Waals surface area contributed by atoms with Crippen LogP contribution in [0.1, 0.15) is 37.5 Å². The van der Waals surface area contributed by atoms with E-state index in [-0.39, 0.29) is 0 Å². The van der Waals surface area contributed by atoms with Crippen LogP contribution in [0, 0.1) is 5.92 Å². The van der Waals surface area contributed by atoms with Gasteiger partial charge in [-0.1, -0.05) is 25.8 Å². The number of ether oxygens (including phenoxy) is 1. The van der Waals surface area contributed by atoms with Crippen LogP contribution in [0.3, 0.4) is 0 Å². The molecular formula is C16H27NO3S. The maximum atomic E-state index is 10.5. The Labute approximate surface area is 131 Å². The molecule has 0 saturated heterocycles. The van der Waals surface area contributed by atoms with Crippen LogP contribution in [0.2, 0.25) is 0 Å². The molecule has 5 heteroatoms. The highest BCUT2D eigenvalue weighted by molar-refractivity contribution is 7.09. The molecule has 0 spiro atoms. The first-order valence-electron chi connectivity index (χ1n) is 7.79. The molecule has 3 atom stereocenters. The average Bonchev–Trinajstić information content (AvgIpc) is 2.91. The number of thiophene rings is 1. The molecule has 1 aromatic rings. The van der Waals surface area contributed by atoms with Crippen molar-refractivity contribution in [2.45, 2.75) is 50.9 Å². The first-order valence-corrected chi connectivity index (χ1v) is 8.67. The standard InChI is InChI=1S/C16H27NO3S/c1-13-4-2-6-16(19,8-13)12-17-9-14(18)10-20-11-15-5-3-7-21-15/h3,5,7,13-14,17-19H,2,4,6,8-12H2,1H3. The first kappa shape index (κ1) is 16.9. The monoisotopic (exact) mass is 313 g/mol. The first-order chi connectivity index (χ1) is 10.1. The third kappa shape index (κ3) is 6.04. The van der Waals surface area contributed by atoms with E-state index in [4.69, 9.17) is 4.74 Å². The molecule has 1 heterocycles. The van der Waals surface area contributed by atoms with E-state index in [2.05, 4.69) is 12.2 Å². The predicted molar refractivity (Wildman–Crippen MR) is 85.4 cm³/mol. The van der Waals surface area contributed by atoms with Crippen LogP contribution >= 0.6 is 11.3 Å². The number of nitrogens with one attached hydrogen (secondary N) is 1. The Balaban J connectivity index is 1.57. The van der Waals surface area contributed by atoms with Crippen molar-refractivity contribution < 1.29 is 14.9 Å². The second kappa shape index (κ2) is 8.25. The van der Waals surface area contributed by atoms with Gasteiger partial charge >= 0.3 is 0 Å². The number of hydrogen-bond acceptors (Lipinski definition) is 5. The molecule has 1 aliphatic rings. The number of rotatable bonds is 8. The lowest BCUT2D eigenvalue weighted by Crippen LogP contribution is -2.46. The molecule has 4 nitrogen and oxygen atoms in total. The van der Waals surface area contributed by atoms with Crippen LogP contribution in [-0.4, -0.2) is 41.6 Å². The molecule has 2 rings (SSSR count). The Bertz CT molecular complexity index is 398. The Kier molecular flexibility index (Phi) is 6.64. The molecule has 120 valence electrons. The van der Waals surface area contributed by atoms with E-state index in [0.717, 1.165) is 19.3 Å². The minimum Gasteiger partial charge on any atom is -0.389 e. The molecule has 3 N–H and O–H groups in total. The highest BCUT2D eigenvalue weighted by Crippen LogP contribution is 2.31. The van der Waals surface area contributed by atoms with Gasteiger partial charge in [-0.25, -0.2) is 0 Å². The van der Waals surface area contributed by atoms with Crippen LogP contribution < -0.4 is 5.32 Å². The van der Waals surface area contributed by atoms with Gasteiger partial charge in [0.05, 0.1) is 24.9 Å². The van der Waals surface area contributed by atoms with E-state index in [1.807, 2.05) is 17.5 Å². The van der Waals surface area contributed by atoms with Crippen LogP contribution in [0.5, 0.6) is 0 Å². The van der Waals surface area contributed by atoms with E-state index >= 15 is 0 Å². The lowest BCUT2D eigenvalue weighted by Gasteiger charge is -2.36. The Morgan fingerprint density at radius 2 is 2.43 bits per heavy atom. The molecular weight excluding hydrogens is 286 g/mol. The summed E-state index contributed by atoms with van der Waals surface area (Å²) in [5.74, 6) is 0.588. The number of hydrogen-bond donors (Lipinski definition) is 3. The SMILES string of the molecule is CC1CCCC(O)(CNCC(O)COCc2cccs2)C1. The Morgan fingerprint density at radius 3 is 3.14 bits per heavy atom. The highest BCUT2D eigenvalue weighted by atomic mass is 32.1. The minimum absolute atomic E-state index is 0.319. The summed E-state index contributed by atoms with van der Waals surface area (Å²) < 4.78 is 5.48. The van der Waals surface area contributed by atoms with Gasteiger partial charge in [-0.05, 0) is 30.2 Å². The molecule has 0 aliphatic heterocycles.